The largest absolute Gasteiger partial charge is 0.479 e. The summed E-state index contributed by atoms with van der Waals surface area (Å²) in [6.07, 6.45) is 0.320. The molecule has 3 N–H and O–H groups in total. The first-order chi connectivity index (χ1) is 6.94. The molecule has 1 unspecified atom stereocenters. The van der Waals surface area contributed by atoms with Gasteiger partial charge in [0.05, 0.1) is 6.04 Å². The zero-order chi connectivity index (χ0) is 11.5. The van der Waals surface area contributed by atoms with Crippen LogP contribution < -0.4 is 5.73 Å². The maximum absolute atomic E-state index is 10.7. The van der Waals surface area contributed by atoms with Crippen molar-refractivity contribution in [2.24, 2.45) is 5.73 Å². The summed E-state index contributed by atoms with van der Waals surface area (Å²) in [5.74, 6) is -1.32. The molecule has 0 aromatic heterocycles. The van der Waals surface area contributed by atoms with E-state index in [1.54, 1.807) is 0 Å². The predicted octanol–water partition coefficient (Wildman–Crippen LogP) is 1.81. The third kappa shape index (κ3) is 3.09. The Kier molecular flexibility index (Phi) is 3.97. The van der Waals surface area contributed by atoms with Crippen molar-refractivity contribution in [1.29, 1.82) is 0 Å². The number of hydrogen-bond acceptors (Lipinski definition) is 2. The van der Waals surface area contributed by atoms with Crippen LogP contribution in [0.25, 0.3) is 0 Å². The molecule has 1 rings (SSSR count). The summed E-state index contributed by atoms with van der Waals surface area (Å²) < 4.78 is -1.95. The minimum atomic E-state index is -1.95. The highest BCUT2D eigenvalue weighted by Crippen LogP contribution is 2.26. The molecule has 0 aliphatic rings. The van der Waals surface area contributed by atoms with Crippen LogP contribution in [-0.4, -0.2) is 21.5 Å². The lowest BCUT2D eigenvalue weighted by Crippen LogP contribution is -2.46. The lowest BCUT2D eigenvalue weighted by atomic mass is 10.0. The van der Waals surface area contributed by atoms with Crippen LogP contribution in [0.2, 0.25) is 0 Å². The molecule has 0 saturated carbocycles. The van der Waals surface area contributed by atoms with Gasteiger partial charge in [-0.1, -0.05) is 53.5 Å². The van der Waals surface area contributed by atoms with Gasteiger partial charge in [-0.2, -0.15) is 0 Å². The minimum Gasteiger partial charge on any atom is -0.479 e. The highest BCUT2D eigenvalue weighted by atomic mass is 35.5. The second-order valence-corrected chi connectivity index (χ2v) is 4.61. The zero-order valence-corrected chi connectivity index (χ0v) is 9.37. The average molecular weight is 248 g/mol. The van der Waals surface area contributed by atoms with Gasteiger partial charge in [0, 0.05) is 0 Å². The van der Waals surface area contributed by atoms with E-state index in [4.69, 9.17) is 34.0 Å². The molecule has 0 radical (unpaired) electrons. The SMILES string of the molecule is NC(Cc1ccccc1)C(Cl)(Cl)C(=O)O. The van der Waals surface area contributed by atoms with Crippen molar-refractivity contribution < 1.29 is 9.90 Å². The van der Waals surface area contributed by atoms with Gasteiger partial charge in [0.2, 0.25) is 4.33 Å². The number of alkyl halides is 2. The van der Waals surface area contributed by atoms with Gasteiger partial charge in [-0.05, 0) is 12.0 Å². The maximum atomic E-state index is 10.7. The molecule has 3 nitrogen and oxygen atoms in total. The molecule has 82 valence electrons. The Balaban J connectivity index is 2.72. The first-order valence-corrected chi connectivity index (χ1v) is 5.11. The fourth-order valence-electron chi connectivity index (χ4n) is 1.15. The molecule has 0 fully saturated rings. The van der Waals surface area contributed by atoms with Crippen LogP contribution in [0, 0.1) is 0 Å². The summed E-state index contributed by atoms with van der Waals surface area (Å²) in [7, 11) is 0. The number of aliphatic carboxylic acids is 1. The summed E-state index contributed by atoms with van der Waals surface area (Å²) in [6, 6.07) is 8.37. The molecule has 1 aromatic rings. The molecule has 0 aliphatic heterocycles. The quantitative estimate of drug-likeness (QED) is 0.799. The van der Waals surface area contributed by atoms with Crippen molar-refractivity contribution in [2.75, 3.05) is 0 Å². The molecule has 0 bridgehead atoms. The van der Waals surface area contributed by atoms with Crippen LogP contribution in [0.3, 0.4) is 0 Å². The normalized spacial score (nSPS) is 13.5. The number of halogens is 2. The van der Waals surface area contributed by atoms with Crippen molar-refractivity contribution in [2.45, 2.75) is 16.8 Å². The lowest BCUT2D eigenvalue weighted by molar-refractivity contribution is -0.138. The van der Waals surface area contributed by atoms with Crippen LogP contribution in [0.1, 0.15) is 5.56 Å². The van der Waals surface area contributed by atoms with Gasteiger partial charge in [-0.15, -0.1) is 0 Å². The van der Waals surface area contributed by atoms with E-state index in [1.807, 2.05) is 30.3 Å². The minimum absolute atomic E-state index is 0.320. The van der Waals surface area contributed by atoms with E-state index < -0.39 is 16.3 Å². The Morgan fingerprint density at radius 2 is 1.93 bits per heavy atom. The molecule has 5 heteroatoms. The van der Waals surface area contributed by atoms with E-state index >= 15 is 0 Å². The molecule has 0 heterocycles. The van der Waals surface area contributed by atoms with Gasteiger partial charge in [0.1, 0.15) is 0 Å². The van der Waals surface area contributed by atoms with E-state index in [1.165, 1.54) is 0 Å². The second-order valence-electron chi connectivity index (χ2n) is 3.22. The molecular formula is C10H11Cl2NO2. The van der Waals surface area contributed by atoms with Gasteiger partial charge in [0.25, 0.3) is 0 Å². The Bertz CT molecular complexity index is 341. The standard InChI is InChI=1S/C10H11Cl2NO2/c11-10(12,9(14)15)8(13)6-7-4-2-1-3-5-7/h1-5,8H,6,13H2,(H,14,15). The van der Waals surface area contributed by atoms with Gasteiger partial charge >= 0.3 is 5.97 Å². The number of nitrogens with two attached hydrogens (primary N) is 1. The van der Waals surface area contributed by atoms with Crippen LogP contribution in [0.4, 0.5) is 0 Å². The van der Waals surface area contributed by atoms with E-state index in [0.717, 1.165) is 5.56 Å². The van der Waals surface area contributed by atoms with Gasteiger partial charge in [-0.3, -0.25) is 0 Å². The Morgan fingerprint density at radius 1 is 1.40 bits per heavy atom. The third-order valence-electron chi connectivity index (χ3n) is 2.05. The molecule has 0 amide bonds. The van der Waals surface area contributed by atoms with Gasteiger partial charge < -0.3 is 10.8 Å². The molecule has 15 heavy (non-hydrogen) atoms. The van der Waals surface area contributed by atoms with E-state index in [-0.39, 0.29) is 0 Å². The number of hydrogen-bond donors (Lipinski definition) is 2. The lowest BCUT2D eigenvalue weighted by Gasteiger charge is -2.22. The zero-order valence-electron chi connectivity index (χ0n) is 7.86. The molecule has 0 spiro atoms. The first kappa shape index (κ1) is 12.3. The van der Waals surface area contributed by atoms with E-state index in [9.17, 15) is 4.79 Å². The number of carboxylic acid groups (broad SMARTS) is 1. The average Bonchev–Trinajstić information content (AvgIpc) is 2.18. The molecular weight excluding hydrogens is 237 g/mol. The maximum Gasteiger partial charge on any atom is 0.341 e. The molecule has 1 atom stereocenters. The smallest absolute Gasteiger partial charge is 0.341 e. The monoisotopic (exact) mass is 247 g/mol. The fourth-order valence-corrected chi connectivity index (χ4v) is 1.31. The van der Waals surface area contributed by atoms with Crippen molar-refractivity contribution >= 4 is 29.2 Å². The Labute approximate surface area is 97.8 Å². The number of benzene rings is 1. The number of carbonyl (C=O) groups is 1. The van der Waals surface area contributed by atoms with Crippen molar-refractivity contribution in [3.63, 3.8) is 0 Å². The predicted molar refractivity (Wildman–Crippen MR) is 60.2 cm³/mol. The fraction of sp³-hybridized carbons (Fsp3) is 0.300. The molecule has 0 saturated heterocycles. The van der Waals surface area contributed by atoms with E-state index in [2.05, 4.69) is 0 Å². The Morgan fingerprint density at radius 3 is 2.40 bits per heavy atom. The highest BCUT2D eigenvalue weighted by Gasteiger charge is 2.40. The summed E-state index contributed by atoms with van der Waals surface area (Å²) in [5, 5.41) is 8.75. The number of carboxylic acids is 1. The van der Waals surface area contributed by atoms with Crippen molar-refractivity contribution in [3.8, 4) is 0 Å². The molecule has 0 aliphatic carbocycles. The topological polar surface area (TPSA) is 63.3 Å². The van der Waals surface area contributed by atoms with Crippen molar-refractivity contribution in [1.82, 2.24) is 0 Å². The van der Waals surface area contributed by atoms with Crippen LogP contribution >= 0.6 is 23.2 Å². The summed E-state index contributed by atoms with van der Waals surface area (Å²) >= 11 is 11.2. The second kappa shape index (κ2) is 4.84. The van der Waals surface area contributed by atoms with Gasteiger partial charge in [-0.25, -0.2) is 4.79 Å². The third-order valence-corrected chi connectivity index (χ3v) is 2.93. The summed E-state index contributed by atoms with van der Waals surface area (Å²) in [6.45, 7) is 0. The van der Waals surface area contributed by atoms with Crippen molar-refractivity contribution in [3.05, 3.63) is 35.9 Å². The van der Waals surface area contributed by atoms with Crippen LogP contribution in [0.15, 0.2) is 30.3 Å². The summed E-state index contributed by atoms with van der Waals surface area (Å²) in [4.78, 5) is 10.7. The number of rotatable bonds is 4. The highest BCUT2D eigenvalue weighted by molar-refractivity contribution is 6.57. The molecule has 1 aromatic carbocycles. The first-order valence-electron chi connectivity index (χ1n) is 4.35. The van der Waals surface area contributed by atoms with Crippen LogP contribution in [-0.2, 0) is 11.2 Å². The Hall–Kier alpha value is -0.770. The van der Waals surface area contributed by atoms with Gasteiger partial charge in [0.15, 0.2) is 0 Å². The summed E-state index contributed by atoms with van der Waals surface area (Å²) in [5.41, 5.74) is 6.54. The van der Waals surface area contributed by atoms with E-state index in [0.29, 0.717) is 6.42 Å². The van der Waals surface area contributed by atoms with Crippen LogP contribution in [0.5, 0.6) is 0 Å².